The molecule has 3 heterocycles. The van der Waals surface area contributed by atoms with Crippen molar-refractivity contribution in [3.63, 3.8) is 0 Å². The number of aromatic nitrogens is 1. The Morgan fingerprint density at radius 3 is 2.52 bits per heavy atom. The van der Waals surface area contributed by atoms with Crippen LogP contribution >= 0.6 is 23.2 Å². The van der Waals surface area contributed by atoms with Gasteiger partial charge in [-0.3, -0.25) is 19.5 Å². The molecule has 0 unspecified atom stereocenters. The van der Waals surface area contributed by atoms with Crippen molar-refractivity contribution < 1.29 is 37.4 Å². The number of pyridine rings is 1. The fraction of sp³-hybridized carbons (Fsp3) is 0.400. The zero-order valence-electron chi connectivity index (χ0n) is 21.3. The van der Waals surface area contributed by atoms with Gasteiger partial charge in [-0.05, 0) is 38.8 Å². The number of rotatable bonds is 4. The first-order valence-corrected chi connectivity index (χ1v) is 12.7. The number of anilines is 1. The van der Waals surface area contributed by atoms with Gasteiger partial charge in [-0.25, -0.2) is 9.79 Å². The summed E-state index contributed by atoms with van der Waals surface area (Å²) in [5.74, 6) is -3.10. The Balaban J connectivity index is 0.000000559. The highest BCUT2D eigenvalue weighted by Crippen LogP contribution is 2.41. The van der Waals surface area contributed by atoms with Gasteiger partial charge in [0.1, 0.15) is 0 Å². The second kappa shape index (κ2) is 12.4. The minimum atomic E-state index is -5.08. The fourth-order valence-corrected chi connectivity index (χ4v) is 4.93. The number of alkyl halides is 3. The molecule has 40 heavy (non-hydrogen) atoms. The molecule has 2 aliphatic rings. The molecular weight excluding hydrogens is 578 g/mol. The molecule has 0 saturated carbocycles. The maximum atomic E-state index is 13.2. The Kier molecular flexibility index (Phi) is 9.64. The van der Waals surface area contributed by atoms with E-state index in [-0.39, 0.29) is 30.4 Å². The van der Waals surface area contributed by atoms with Crippen molar-refractivity contribution in [3.8, 4) is 0 Å². The van der Waals surface area contributed by atoms with Crippen molar-refractivity contribution in [1.82, 2.24) is 9.88 Å². The van der Waals surface area contributed by atoms with E-state index in [1.807, 2.05) is 13.8 Å². The molecule has 216 valence electrons. The highest BCUT2D eigenvalue weighted by Gasteiger charge is 2.42. The maximum absolute atomic E-state index is 13.2. The predicted octanol–water partition coefficient (Wildman–Crippen LogP) is 4.60. The lowest BCUT2D eigenvalue weighted by Crippen LogP contribution is -2.56. The summed E-state index contributed by atoms with van der Waals surface area (Å²) in [6, 6.07) is 6.69. The Morgan fingerprint density at radius 1 is 1.27 bits per heavy atom. The number of carbonyl (C=O) groups excluding carboxylic acids is 2. The molecule has 1 aromatic heterocycles. The molecule has 2 aromatic rings. The van der Waals surface area contributed by atoms with E-state index >= 15 is 0 Å². The number of guanidine groups is 1. The number of halogens is 5. The number of aliphatic carboxylic acids is 1. The molecular formula is C25H26Cl2F3N5O5. The predicted molar refractivity (Wildman–Crippen MR) is 141 cm³/mol. The van der Waals surface area contributed by atoms with E-state index in [1.54, 1.807) is 23.1 Å². The lowest BCUT2D eigenvalue weighted by molar-refractivity contribution is -0.192. The molecule has 2 aliphatic heterocycles. The number of nitrogens with one attached hydrogen (secondary N) is 1. The summed E-state index contributed by atoms with van der Waals surface area (Å²) in [4.78, 5) is 44.9. The summed E-state index contributed by atoms with van der Waals surface area (Å²) in [5.41, 5.74) is 6.62. The van der Waals surface area contributed by atoms with Gasteiger partial charge < -0.3 is 20.9 Å². The molecule has 0 bridgehead atoms. The SMILES string of the molecule is C[C@@H]1C[C@H](N2C(=O)C[C@@](C)(c3cccc(NC(=O)c4cncc(Cl)c4)c3Cl)N=C2N)CCO1.O=C(O)C(F)(F)F. The number of carboxylic acids is 1. The van der Waals surface area contributed by atoms with Gasteiger partial charge in [0.05, 0.1) is 39.4 Å². The number of carbonyl (C=O) groups is 3. The fourth-order valence-electron chi connectivity index (χ4n) is 4.38. The molecule has 1 fully saturated rings. The van der Waals surface area contributed by atoms with Crippen LogP contribution in [0, 0.1) is 0 Å². The molecule has 0 aliphatic carbocycles. The normalized spacial score (nSPS) is 23.0. The lowest BCUT2D eigenvalue weighted by Gasteiger charge is -2.41. The van der Waals surface area contributed by atoms with Crippen molar-refractivity contribution >= 4 is 52.6 Å². The Bertz CT molecular complexity index is 1330. The van der Waals surface area contributed by atoms with E-state index in [4.69, 9.17) is 48.6 Å². The quantitative estimate of drug-likeness (QED) is 0.462. The average Bonchev–Trinajstić information content (AvgIpc) is 2.84. The van der Waals surface area contributed by atoms with E-state index in [1.165, 1.54) is 18.5 Å². The number of aliphatic imine (C=N–C) groups is 1. The standard InChI is InChI=1S/C23H25Cl2N5O3.C2HF3O2/c1-13-8-16(6-7-33-13)30-19(31)10-23(2,29-22(30)26)17-4-3-5-18(20(17)25)28-21(32)14-9-15(24)12-27-11-14;3-2(4,5)1(6)7/h3-5,9,11-13,16H,6-8,10H2,1-2H3,(H2,26,29)(H,28,32);(H,6,7)/t13-,16-,23+;/m1./s1. The lowest BCUT2D eigenvalue weighted by atomic mass is 9.86. The minimum Gasteiger partial charge on any atom is -0.475 e. The summed E-state index contributed by atoms with van der Waals surface area (Å²) in [6.45, 7) is 4.38. The third-order valence-electron chi connectivity index (χ3n) is 6.23. The largest absolute Gasteiger partial charge is 0.490 e. The Morgan fingerprint density at radius 2 is 1.95 bits per heavy atom. The van der Waals surface area contributed by atoms with Gasteiger partial charge in [-0.1, -0.05) is 35.3 Å². The van der Waals surface area contributed by atoms with Crippen LogP contribution in [0.4, 0.5) is 18.9 Å². The van der Waals surface area contributed by atoms with Crippen LogP contribution in [0.2, 0.25) is 10.0 Å². The number of benzene rings is 1. The van der Waals surface area contributed by atoms with Crippen molar-refractivity contribution in [2.24, 2.45) is 10.7 Å². The van der Waals surface area contributed by atoms with Crippen LogP contribution in [0.3, 0.4) is 0 Å². The van der Waals surface area contributed by atoms with E-state index in [0.29, 0.717) is 46.3 Å². The number of hydrogen-bond acceptors (Lipinski definition) is 7. The number of ether oxygens (including phenoxy) is 1. The van der Waals surface area contributed by atoms with E-state index in [2.05, 4.69) is 10.3 Å². The first-order valence-electron chi connectivity index (χ1n) is 11.9. The third kappa shape index (κ3) is 7.40. The van der Waals surface area contributed by atoms with Crippen LogP contribution in [-0.2, 0) is 19.9 Å². The van der Waals surface area contributed by atoms with Gasteiger partial charge in [-0.2, -0.15) is 13.2 Å². The second-order valence-electron chi connectivity index (χ2n) is 9.36. The first kappa shape index (κ1) is 31.1. The van der Waals surface area contributed by atoms with Crippen LogP contribution in [0.5, 0.6) is 0 Å². The molecule has 1 saturated heterocycles. The van der Waals surface area contributed by atoms with E-state index in [9.17, 15) is 22.8 Å². The summed E-state index contributed by atoms with van der Waals surface area (Å²) in [5, 5.41) is 10.5. The van der Waals surface area contributed by atoms with Crippen LogP contribution < -0.4 is 11.1 Å². The van der Waals surface area contributed by atoms with Crippen LogP contribution in [0.1, 0.15) is 49.0 Å². The van der Waals surface area contributed by atoms with Gasteiger partial charge >= 0.3 is 12.1 Å². The van der Waals surface area contributed by atoms with Crippen molar-refractivity contribution in [2.45, 2.75) is 57.0 Å². The third-order valence-corrected chi connectivity index (χ3v) is 6.85. The van der Waals surface area contributed by atoms with Crippen molar-refractivity contribution in [1.29, 1.82) is 0 Å². The van der Waals surface area contributed by atoms with E-state index < -0.39 is 23.6 Å². The van der Waals surface area contributed by atoms with Gasteiger partial charge in [0, 0.05) is 30.6 Å². The van der Waals surface area contributed by atoms with Crippen LogP contribution in [0.25, 0.3) is 0 Å². The molecule has 1 aromatic carbocycles. The zero-order valence-corrected chi connectivity index (χ0v) is 22.8. The molecule has 0 spiro atoms. The molecule has 10 nitrogen and oxygen atoms in total. The highest BCUT2D eigenvalue weighted by molar-refractivity contribution is 6.35. The minimum absolute atomic E-state index is 0.0399. The number of nitrogens with two attached hydrogens (primary N) is 1. The second-order valence-corrected chi connectivity index (χ2v) is 10.2. The molecule has 4 rings (SSSR count). The summed E-state index contributed by atoms with van der Waals surface area (Å²) < 4.78 is 37.3. The molecule has 3 atom stereocenters. The van der Waals surface area contributed by atoms with E-state index in [0.717, 1.165) is 0 Å². The first-order chi connectivity index (χ1) is 18.6. The molecule has 2 amide bonds. The van der Waals surface area contributed by atoms with Gasteiger partial charge in [0.15, 0.2) is 5.96 Å². The zero-order chi connectivity index (χ0) is 29.8. The highest BCUT2D eigenvalue weighted by atomic mass is 35.5. The number of hydrogen-bond donors (Lipinski definition) is 3. The molecule has 15 heteroatoms. The molecule has 0 radical (unpaired) electrons. The van der Waals surface area contributed by atoms with Crippen molar-refractivity contribution in [2.75, 3.05) is 11.9 Å². The summed E-state index contributed by atoms with van der Waals surface area (Å²) >= 11 is 12.6. The number of nitrogens with zero attached hydrogens (tertiary/aromatic N) is 3. The molecule has 4 N–H and O–H groups in total. The van der Waals surface area contributed by atoms with Crippen LogP contribution in [-0.4, -0.2) is 63.7 Å². The van der Waals surface area contributed by atoms with Gasteiger partial charge in [-0.15, -0.1) is 0 Å². The maximum Gasteiger partial charge on any atom is 0.490 e. The Labute approximate surface area is 237 Å². The van der Waals surface area contributed by atoms with Gasteiger partial charge in [0.25, 0.3) is 5.91 Å². The van der Waals surface area contributed by atoms with Crippen LogP contribution in [0.15, 0.2) is 41.7 Å². The summed E-state index contributed by atoms with van der Waals surface area (Å²) in [7, 11) is 0. The average molecular weight is 604 g/mol. The summed E-state index contributed by atoms with van der Waals surface area (Å²) in [6.07, 6.45) is -0.643. The monoisotopic (exact) mass is 603 g/mol. The number of amides is 2. The van der Waals surface area contributed by atoms with Crippen molar-refractivity contribution in [3.05, 3.63) is 57.8 Å². The number of carboxylic acid groups (broad SMARTS) is 1. The Hall–Kier alpha value is -3.42. The topological polar surface area (TPSA) is 147 Å². The smallest absolute Gasteiger partial charge is 0.475 e. The van der Waals surface area contributed by atoms with Gasteiger partial charge in [0.2, 0.25) is 5.91 Å².